The van der Waals surface area contributed by atoms with Crippen LogP contribution in [0.25, 0.3) is 0 Å². The standard InChI is InChI=1S/C11H21N3S/c1-2-12-11(15)14-8-7-13-6-4-3-5-10(13)9-14/h10H,2-9H2,1H3,(H,12,15). The summed E-state index contributed by atoms with van der Waals surface area (Å²) in [4.78, 5) is 4.97. The van der Waals surface area contributed by atoms with Crippen molar-refractivity contribution in [3.05, 3.63) is 0 Å². The zero-order chi connectivity index (χ0) is 10.7. The number of rotatable bonds is 1. The van der Waals surface area contributed by atoms with Gasteiger partial charge < -0.3 is 10.2 Å². The number of hydrogen-bond donors (Lipinski definition) is 1. The summed E-state index contributed by atoms with van der Waals surface area (Å²) in [6, 6.07) is 0.754. The molecule has 4 heteroatoms. The predicted molar refractivity (Wildman–Crippen MR) is 67.1 cm³/mol. The molecule has 0 amide bonds. The highest BCUT2D eigenvalue weighted by atomic mass is 32.1. The Balaban J connectivity index is 1.87. The molecule has 3 nitrogen and oxygen atoms in total. The summed E-state index contributed by atoms with van der Waals surface area (Å²) in [5.74, 6) is 0. The smallest absolute Gasteiger partial charge is 0.169 e. The molecular formula is C11H21N3S. The van der Waals surface area contributed by atoms with E-state index in [-0.39, 0.29) is 0 Å². The van der Waals surface area contributed by atoms with Crippen molar-refractivity contribution in [1.82, 2.24) is 15.1 Å². The first kappa shape index (κ1) is 11.1. The van der Waals surface area contributed by atoms with Gasteiger partial charge in [-0.25, -0.2) is 0 Å². The maximum Gasteiger partial charge on any atom is 0.169 e. The second-order valence-electron chi connectivity index (χ2n) is 4.47. The molecule has 2 aliphatic rings. The number of nitrogens with one attached hydrogen (secondary N) is 1. The van der Waals surface area contributed by atoms with E-state index in [2.05, 4.69) is 22.0 Å². The quantitative estimate of drug-likeness (QED) is 0.675. The molecule has 0 aromatic rings. The topological polar surface area (TPSA) is 18.5 Å². The minimum absolute atomic E-state index is 0.754. The Morgan fingerprint density at radius 1 is 1.33 bits per heavy atom. The summed E-state index contributed by atoms with van der Waals surface area (Å²) < 4.78 is 0. The normalized spacial score (nSPS) is 27.3. The predicted octanol–water partition coefficient (Wildman–Crippen LogP) is 1.05. The van der Waals surface area contributed by atoms with Crippen molar-refractivity contribution in [1.29, 1.82) is 0 Å². The second-order valence-corrected chi connectivity index (χ2v) is 4.85. The van der Waals surface area contributed by atoms with Crippen LogP contribution >= 0.6 is 12.2 Å². The fraction of sp³-hybridized carbons (Fsp3) is 0.909. The molecule has 2 heterocycles. The van der Waals surface area contributed by atoms with Crippen molar-refractivity contribution >= 4 is 17.3 Å². The molecule has 1 N–H and O–H groups in total. The van der Waals surface area contributed by atoms with Gasteiger partial charge in [0.15, 0.2) is 5.11 Å². The highest BCUT2D eigenvalue weighted by molar-refractivity contribution is 7.80. The third-order valence-electron chi connectivity index (χ3n) is 3.45. The van der Waals surface area contributed by atoms with Crippen molar-refractivity contribution in [3.8, 4) is 0 Å². The summed E-state index contributed by atoms with van der Waals surface area (Å²) in [5.41, 5.74) is 0. The Bertz CT molecular complexity index is 232. The Kier molecular flexibility index (Phi) is 3.81. The Morgan fingerprint density at radius 2 is 2.20 bits per heavy atom. The fourth-order valence-electron chi connectivity index (χ4n) is 2.60. The molecule has 0 spiro atoms. The number of piperazine rings is 1. The average Bonchev–Trinajstić information content (AvgIpc) is 2.29. The van der Waals surface area contributed by atoms with Crippen LogP contribution in [0.2, 0.25) is 0 Å². The third-order valence-corrected chi connectivity index (χ3v) is 3.86. The van der Waals surface area contributed by atoms with Crippen LogP contribution in [0.1, 0.15) is 26.2 Å². The summed E-state index contributed by atoms with van der Waals surface area (Å²) in [7, 11) is 0. The lowest BCUT2D eigenvalue weighted by Crippen LogP contribution is -2.57. The summed E-state index contributed by atoms with van der Waals surface area (Å²) >= 11 is 5.36. The van der Waals surface area contributed by atoms with E-state index in [1.54, 1.807) is 0 Å². The first-order valence-electron chi connectivity index (χ1n) is 6.08. The van der Waals surface area contributed by atoms with Crippen LogP contribution in [0.3, 0.4) is 0 Å². The van der Waals surface area contributed by atoms with Crippen LogP contribution in [0, 0.1) is 0 Å². The largest absolute Gasteiger partial charge is 0.363 e. The molecule has 0 saturated carbocycles. The molecule has 0 bridgehead atoms. The number of nitrogens with zero attached hydrogens (tertiary/aromatic N) is 2. The SMILES string of the molecule is CCNC(=S)N1CCN2CCCCC2C1. The molecule has 1 atom stereocenters. The first-order valence-corrected chi connectivity index (χ1v) is 6.49. The van der Waals surface area contributed by atoms with Crippen LogP contribution in [-0.4, -0.2) is 53.7 Å². The summed E-state index contributed by atoms with van der Waals surface area (Å²) in [5, 5.41) is 4.20. The highest BCUT2D eigenvalue weighted by Gasteiger charge is 2.29. The van der Waals surface area contributed by atoms with Crippen molar-refractivity contribution in [2.45, 2.75) is 32.2 Å². The van der Waals surface area contributed by atoms with E-state index in [9.17, 15) is 0 Å². The average molecular weight is 227 g/mol. The van der Waals surface area contributed by atoms with Gasteiger partial charge in [0.1, 0.15) is 0 Å². The zero-order valence-electron chi connectivity index (χ0n) is 9.54. The van der Waals surface area contributed by atoms with Crippen LogP contribution < -0.4 is 5.32 Å². The number of hydrogen-bond acceptors (Lipinski definition) is 2. The van der Waals surface area contributed by atoms with Gasteiger partial charge in [-0.1, -0.05) is 6.42 Å². The van der Waals surface area contributed by atoms with Crippen LogP contribution in [-0.2, 0) is 0 Å². The van der Waals surface area contributed by atoms with Gasteiger partial charge in [-0.15, -0.1) is 0 Å². The van der Waals surface area contributed by atoms with Gasteiger partial charge in [0.25, 0.3) is 0 Å². The van der Waals surface area contributed by atoms with Crippen molar-refractivity contribution < 1.29 is 0 Å². The van der Waals surface area contributed by atoms with Gasteiger partial charge in [0.2, 0.25) is 0 Å². The Labute approximate surface area is 97.8 Å². The van der Waals surface area contributed by atoms with E-state index in [0.29, 0.717) is 0 Å². The zero-order valence-corrected chi connectivity index (χ0v) is 10.4. The molecule has 2 fully saturated rings. The highest BCUT2D eigenvalue weighted by Crippen LogP contribution is 2.20. The monoisotopic (exact) mass is 227 g/mol. The van der Waals surface area contributed by atoms with Gasteiger partial charge in [-0.05, 0) is 38.5 Å². The fourth-order valence-corrected chi connectivity index (χ4v) is 2.91. The minimum Gasteiger partial charge on any atom is -0.363 e. The molecule has 2 aliphatic heterocycles. The van der Waals surface area contributed by atoms with E-state index in [4.69, 9.17) is 12.2 Å². The van der Waals surface area contributed by atoms with E-state index in [1.807, 2.05) is 0 Å². The molecular weight excluding hydrogens is 206 g/mol. The van der Waals surface area contributed by atoms with Gasteiger partial charge in [-0.3, -0.25) is 4.90 Å². The Morgan fingerprint density at radius 3 is 3.00 bits per heavy atom. The lowest BCUT2D eigenvalue weighted by atomic mass is 10.00. The van der Waals surface area contributed by atoms with Crippen molar-refractivity contribution in [2.24, 2.45) is 0 Å². The second kappa shape index (κ2) is 5.12. The number of piperidine rings is 1. The molecule has 1 unspecified atom stereocenters. The van der Waals surface area contributed by atoms with Crippen LogP contribution in [0.15, 0.2) is 0 Å². The molecule has 15 heavy (non-hydrogen) atoms. The lowest BCUT2D eigenvalue weighted by molar-refractivity contribution is 0.0799. The molecule has 2 rings (SSSR count). The number of thiocarbonyl (C=S) groups is 1. The van der Waals surface area contributed by atoms with Gasteiger partial charge in [0.05, 0.1) is 0 Å². The molecule has 0 aromatic carbocycles. The third kappa shape index (κ3) is 2.61. The maximum atomic E-state index is 5.36. The summed E-state index contributed by atoms with van der Waals surface area (Å²) in [6.07, 6.45) is 4.13. The van der Waals surface area contributed by atoms with E-state index >= 15 is 0 Å². The van der Waals surface area contributed by atoms with E-state index < -0.39 is 0 Å². The molecule has 86 valence electrons. The Hall–Kier alpha value is -0.350. The summed E-state index contributed by atoms with van der Waals surface area (Å²) in [6.45, 7) is 7.75. The van der Waals surface area contributed by atoms with Crippen LogP contribution in [0.5, 0.6) is 0 Å². The van der Waals surface area contributed by atoms with Crippen LogP contribution in [0.4, 0.5) is 0 Å². The maximum absolute atomic E-state index is 5.36. The molecule has 0 radical (unpaired) electrons. The molecule has 0 aromatic heterocycles. The van der Waals surface area contributed by atoms with E-state index in [1.165, 1.54) is 32.4 Å². The van der Waals surface area contributed by atoms with Crippen molar-refractivity contribution in [2.75, 3.05) is 32.7 Å². The van der Waals surface area contributed by atoms with Gasteiger partial charge in [-0.2, -0.15) is 0 Å². The molecule has 0 aliphatic carbocycles. The van der Waals surface area contributed by atoms with Crippen molar-refractivity contribution in [3.63, 3.8) is 0 Å². The lowest BCUT2D eigenvalue weighted by Gasteiger charge is -2.44. The minimum atomic E-state index is 0.754. The first-order chi connectivity index (χ1) is 7.31. The van der Waals surface area contributed by atoms with Gasteiger partial charge >= 0.3 is 0 Å². The van der Waals surface area contributed by atoms with E-state index in [0.717, 1.165) is 30.8 Å². The molecule has 2 saturated heterocycles. The van der Waals surface area contributed by atoms with Gasteiger partial charge in [0, 0.05) is 32.2 Å². The number of fused-ring (bicyclic) bond motifs is 1.